The van der Waals surface area contributed by atoms with E-state index in [1.54, 1.807) is 6.92 Å². The van der Waals surface area contributed by atoms with Gasteiger partial charge in [0, 0.05) is 11.6 Å². The summed E-state index contributed by atoms with van der Waals surface area (Å²) in [7, 11) is 0. The zero-order valence-electron chi connectivity index (χ0n) is 12.8. The number of phenolic OH excluding ortho intramolecular Hbond substituents is 2. The first-order valence-corrected chi connectivity index (χ1v) is 7.21. The first kappa shape index (κ1) is 15.5. The van der Waals surface area contributed by atoms with E-state index < -0.39 is 11.9 Å². The first-order chi connectivity index (χ1) is 11.5. The number of phenols is 2. The van der Waals surface area contributed by atoms with Crippen molar-refractivity contribution in [2.45, 2.75) is 13.0 Å². The predicted molar refractivity (Wildman–Crippen MR) is 87.7 cm³/mol. The van der Waals surface area contributed by atoms with Gasteiger partial charge in [-0.2, -0.15) is 20.1 Å². The largest absolute Gasteiger partial charge is 0.508 e. The van der Waals surface area contributed by atoms with Crippen LogP contribution in [0.1, 0.15) is 18.5 Å². The monoisotopic (exact) mass is 325 g/mol. The van der Waals surface area contributed by atoms with E-state index in [2.05, 4.69) is 20.7 Å². The number of carbonyl (C=O) groups excluding carboxylic acids is 1. The Kier molecular flexibility index (Phi) is 4.11. The summed E-state index contributed by atoms with van der Waals surface area (Å²) in [6, 6.07) is 10.7. The second-order valence-corrected chi connectivity index (χ2v) is 5.16. The Hall–Kier alpha value is -3.42. The molecule has 3 rings (SSSR count). The molecule has 0 aliphatic heterocycles. The SMILES string of the molecule is C[C@@H](C(=O)N/N=C\c1ccc(O)cc1O)n1nc2ccccc2n1. The number of benzene rings is 2. The molecule has 1 heterocycles. The van der Waals surface area contributed by atoms with Crippen molar-refractivity contribution in [2.75, 3.05) is 0 Å². The van der Waals surface area contributed by atoms with Crippen LogP contribution in [0.25, 0.3) is 11.0 Å². The third-order valence-electron chi connectivity index (χ3n) is 3.42. The Morgan fingerprint density at radius 2 is 1.88 bits per heavy atom. The summed E-state index contributed by atoms with van der Waals surface area (Å²) < 4.78 is 0. The highest BCUT2D eigenvalue weighted by Crippen LogP contribution is 2.20. The highest BCUT2D eigenvalue weighted by atomic mass is 16.3. The number of fused-ring (bicyclic) bond motifs is 1. The number of nitrogens with zero attached hydrogens (tertiary/aromatic N) is 4. The summed E-state index contributed by atoms with van der Waals surface area (Å²) in [4.78, 5) is 13.4. The molecule has 122 valence electrons. The molecule has 0 aliphatic carbocycles. The molecule has 1 aromatic heterocycles. The van der Waals surface area contributed by atoms with Gasteiger partial charge in [-0.1, -0.05) is 12.1 Å². The molecule has 0 fully saturated rings. The van der Waals surface area contributed by atoms with E-state index in [0.717, 1.165) is 0 Å². The maximum atomic E-state index is 12.1. The van der Waals surface area contributed by atoms with Crippen LogP contribution in [0.3, 0.4) is 0 Å². The van der Waals surface area contributed by atoms with Crippen LogP contribution < -0.4 is 5.43 Å². The minimum atomic E-state index is -0.650. The topological polar surface area (TPSA) is 113 Å². The van der Waals surface area contributed by atoms with Crippen molar-refractivity contribution in [1.82, 2.24) is 20.4 Å². The molecule has 0 spiro atoms. The molecule has 8 heteroatoms. The molecular formula is C16H15N5O3. The molecule has 24 heavy (non-hydrogen) atoms. The third kappa shape index (κ3) is 3.17. The van der Waals surface area contributed by atoms with Gasteiger partial charge in [0.05, 0.1) is 6.21 Å². The Morgan fingerprint density at radius 1 is 1.21 bits per heavy atom. The molecule has 1 atom stereocenters. The summed E-state index contributed by atoms with van der Waals surface area (Å²) >= 11 is 0. The van der Waals surface area contributed by atoms with Crippen LogP contribution in [0, 0.1) is 0 Å². The molecule has 3 aromatic rings. The van der Waals surface area contributed by atoms with Crippen LogP contribution in [0.15, 0.2) is 47.6 Å². The standard InChI is InChI=1S/C16H15N5O3/c1-10(21-19-13-4-2-3-5-14(13)20-21)16(24)18-17-9-11-6-7-12(22)8-15(11)23/h2-10,22-23H,1H3,(H,18,24)/b17-9-/t10-/m0/s1. The van der Waals surface area contributed by atoms with Crippen molar-refractivity contribution in [3.05, 3.63) is 48.0 Å². The van der Waals surface area contributed by atoms with Crippen molar-refractivity contribution in [1.29, 1.82) is 0 Å². The fraction of sp³-hybridized carbons (Fsp3) is 0.125. The van der Waals surface area contributed by atoms with Gasteiger partial charge in [0.1, 0.15) is 28.6 Å². The lowest BCUT2D eigenvalue weighted by Crippen LogP contribution is -2.28. The van der Waals surface area contributed by atoms with Crippen LogP contribution in [0.4, 0.5) is 0 Å². The number of hydrogen-bond donors (Lipinski definition) is 3. The molecule has 0 unspecified atom stereocenters. The average Bonchev–Trinajstić information content (AvgIpc) is 3.00. The second kappa shape index (κ2) is 6.37. The molecule has 0 saturated carbocycles. The van der Waals surface area contributed by atoms with Gasteiger partial charge >= 0.3 is 0 Å². The van der Waals surface area contributed by atoms with Gasteiger partial charge in [-0.05, 0) is 31.2 Å². The molecule has 0 bridgehead atoms. The van der Waals surface area contributed by atoms with Crippen molar-refractivity contribution in [2.24, 2.45) is 5.10 Å². The molecule has 0 radical (unpaired) electrons. The van der Waals surface area contributed by atoms with Gasteiger partial charge in [0.2, 0.25) is 0 Å². The van der Waals surface area contributed by atoms with Crippen LogP contribution in [0.5, 0.6) is 11.5 Å². The number of nitrogens with one attached hydrogen (secondary N) is 1. The van der Waals surface area contributed by atoms with Crippen molar-refractivity contribution in [3.63, 3.8) is 0 Å². The van der Waals surface area contributed by atoms with E-state index >= 15 is 0 Å². The zero-order valence-corrected chi connectivity index (χ0v) is 12.8. The van der Waals surface area contributed by atoms with E-state index in [1.807, 2.05) is 24.3 Å². The zero-order chi connectivity index (χ0) is 17.1. The quantitative estimate of drug-likeness (QED) is 0.497. The first-order valence-electron chi connectivity index (χ1n) is 7.21. The Balaban J connectivity index is 1.68. The van der Waals surface area contributed by atoms with Crippen molar-refractivity contribution < 1.29 is 15.0 Å². The minimum Gasteiger partial charge on any atom is -0.508 e. The van der Waals surface area contributed by atoms with Crippen LogP contribution in [0.2, 0.25) is 0 Å². The van der Waals surface area contributed by atoms with E-state index in [9.17, 15) is 15.0 Å². The molecule has 3 N–H and O–H groups in total. The predicted octanol–water partition coefficient (Wildman–Crippen LogP) is 1.55. The number of hydrazone groups is 1. The van der Waals surface area contributed by atoms with E-state index in [1.165, 1.54) is 29.2 Å². The van der Waals surface area contributed by atoms with Crippen LogP contribution in [-0.2, 0) is 4.79 Å². The molecule has 0 saturated heterocycles. The summed E-state index contributed by atoms with van der Waals surface area (Å²) in [5.74, 6) is -0.593. The summed E-state index contributed by atoms with van der Waals surface area (Å²) in [5.41, 5.74) is 4.14. The minimum absolute atomic E-state index is 0.0564. The molecule has 1 amide bonds. The average molecular weight is 325 g/mol. The van der Waals surface area contributed by atoms with Crippen LogP contribution in [-0.4, -0.2) is 37.3 Å². The van der Waals surface area contributed by atoms with E-state index in [0.29, 0.717) is 16.6 Å². The molecular weight excluding hydrogens is 310 g/mol. The normalized spacial score (nSPS) is 12.5. The Bertz CT molecular complexity index is 886. The number of carbonyl (C=O) groups is 1. The fourth-order valence-corrected chi connectivity index (χ4v) is 2.05. The molecule has 0 aliphatic rings. The third-order valence-corrected chi connectivity index (χ3v) is 3.42. The summed E-state index contributed by atoms with van der Waals surface area (Å²) in [6.45, 7) is 1.65. The summed E-state index contributed by atoms with van der Waals surface area (Å²) in [6.07, 6.45) is 1.28. The van der Waals surface area contributed by atoms with E-state index in [-0.39, 0.29) is 11.5 Å². The van der Waals surface area contributed by atoms with Gasteiger partial charge < -0.3 is 10.2 Å². The summed E-state index contributed by atoms with van der Waals surface area (Å²) in [5, 5.41) is 31.2. The fourth-order valence-electron chi connectivity index (χ4n) is 2.05. The Labute approximate surface area is 137 Å². The molecule has 2 aromatic carbocycles. The smallest absolute Gasteiger partial charge is 0.266 e. The highest BCUT2D eigenvalue weighted by molar-refractivity contribution is 5.86. The number of hydrogen-bond acceptors (Lipinski definition) is 6. The Morgan fingerprint density at radius 3 is 2.50 bits per heavy atom. The van der Waals surface area contributed by atoms with Crippen molar-refractivity contribution in [3.8, 4) is 11.5 Å². The number of amides is 1. The lowest BCUT2D eigenvalue weighted by Gasteiger charge is -2.08. The lowest BCUT2D eigenvalue weighted by atomic mass is 10.2. The maximum absolute atomic E-state index is 12.1. The van der Waals surface area contributed by atoms with Gasteiger partial charge in [0.15, 0.2) is 0 Å². The maximum Gasteiger partial charge on any atom is 0.266 e. The van der Waals surface area contributed by atoms with Gasteiger partial charge in [0.25, 0.3) is 5.91 Å². The van der Waals surface area contributed by atoms with Crippen molar-refractivity contribution >= 4 is 23.2 Å². The highest BCUT2D eigenvalue weighted by Gasteiger charge is 2.17. The lowest BCUT2D eigenvalue weighted by molar-refractivity contribution is -0.124. The molecule has 8 nitrogen and oxygen atoms in total. The number of aromatic nitrogens is 3. The van der Waals surface area contributed by atoms with Gasteiger partial charge in [-0.25, -0.2) is 5.43 Å². The second-order valence-electron chi connectivity index (χ2n) is 5.16. The van der Waals surface area contributed by atoms with Crippen LogP contribution >= 0.6 is 0 Å². The number of aromatic hydroxyl groups is 2. The van der Waals surface area contributed by atoms with Gasteiger partial charge in [-0.15, -0.1) is 0 Å². The van der Waals surface area contributed by atoms with Gasteiger partial charge in [-0.3, -0.25) is 4.79 Å². The van der Waals surface area contributed by atoms with E-state index in [4.69, 9.17) is 0 Å². The number of rotatable bonds is 4.